The molecule has 1 rings (SSSR count). The quantitative estimate of drug-likeness (QED) is 0.536. The van der Waals surface area contributed by atoms with E-state index in [0.717, 1.165) is 32.2 Å². The van der Waals surface area contributed by atoms with Crippen molar-refractivity contribution in [3.63, 3.8) is 0 Å². The van der Waals surface area contributed by atoms with Crippen molar-refractivity contribution in [1.29, 1.82) is 0 Å². The van der Waals surface area contributed by atoms with Crippen molar-refractivity contribution in [2.45, 2.75) is 18.9 Å². The molecule has 0 spiro atoms. The van der Waals surface area contributed by atoms with E-state index in [1.165, 1.54) is 0 Å². The molecule has 13 heavy (non-hydrogen) atoms. The van der Waals surface area contributed by atoms with Crippen LogP contribution < -0.4 is 5.14 Å². The summed E-state index contributed by atoms with van der Waals surface area (Å²) in [5.41, 5.74) is 0. The third-order valence-corrected chi connectivity index (χ3v) is 1.69. The molecule has 0 saturated carbocycles. The van der Waals surface area contributed by atoms with Gasteiger partial charge in [-0.1, -0.05) is 0 Å². The van der Waals surface area contributed by atoms with Crippen LogP contribution in [0.15, 0.2) is 0 Å². The number of hydrogen-bond acceptors (Lipinski definition) is 4. The fourth-order valence-electron chi connectivity index (χ4n) is 0.995. The molecule has 0 aliphatic carbocycles. The van der Waals surface area contributed by atoms with Gasteiger partial charge in [0.15, 0.2) is 0 Å². The first kappa shape index (κ1) is 12.8. The van der Waals surface area contributed by atoms with E-state index in [0.29, 0.717) is 0 Å². The lowest BCUT2D eigenvalue weighted by Crippen LogP contribution is -2.32. The molecule has 6 heteroatoms. The topological polar surface area (TPSA) is 83.6 Å². The first-order chi connectivity index (χ1) is 5.79. The fourth-order valence-corrected chi connectivity index (χ4v) is 0.995. The van der Waals surface area contributed by atoms with Gasteiger partial charge in [-0.2, -0.15) is 0 Å². The zero-order valence-corrected chi connectivity index (χ0v) is 8.92. The van der Waals surface area contributed by atoms with E-state index < -0.39 is 10.0 Å². The predicted octanol–water partition coefficient (Wildman–Crippen LogP) is -1.02. The van der Waals surface area contributed by atoms with Crippen molar-refractivity contribution in [2.75, 3.05) is 26.4 Å². The van der Waals surface area contributed by atoms with Gasteiger partial charge in [-0.05, 0) is 19.9 Å². The third-order valence-electron chi connectivity index (χ3n) is 1.69. The van der Waals surface area contributed by atoms with Gasteiger partial charge < -0.3 is 10.0 Å². The molecule has 0 aromatic rings. The minimum absolute atomic E-state index is 0.0220. The van der Waals surface area contributed by atoms with Crippen LogP contribution in [0, 0.1) is 0 Å². The molecule has 1 heterocycles. The first-order valence-electron chi connectivity index (χ1n) is 4.13. The summed E-state index contributed by atoms with van der Waals surface area (Å²) in [6.45, 7) is 2.11. The molecule has 0 aromatic heterocycles. The zero-order chi connectivity index (χ0) is 10.5. The first-order valence-corrected chi connectivity index (χ1v) is 6.09. The lowest BCUT2D eigenvalue weighted by Gasteiger charge is -2.25. The average Bonchev–Trinajstić information content (AvgIpc) is 1.92. The Balaban J connectivity index is 0.000000252. The Morgan fingerprint density at radius 1 is 1.38 bits per heavy atom. The average molecular weight is 210 g/mol. The Labute approximate surface area is 79.6 Å². The number of piperidine rings is 1. The maximum Gasteiger partial charge on any atom is 0.206 e. The number of aliphatic hydroxyl groups excluding tert-OH is 1. The number of likely N-dealkylation sites (tertiary alicyclic amines) is 1. The van der Waals surface area contributed by atoms with Crippen LogP contribution in [-0.2, 0) is 10.0 Å². The highest BCUT2D eigenvalue weighted by atomic mass is 32.2. The maximum atomic E-state index is 9.41. The summed E-state index contributed by atoms with van der Waals surface area (Å²) in [6.07, 6.45) is 2.83. The van der Waals surface area contributed by atoms with Crippen LogP contribution in [0.3, 0.4) is 0 Å². The second-order valence-corrected chi connectivity index (χ2v) is 5.02. The Morgan fingerprint density at radius 3 is 1.92 bits per heavy atom. The second-order valence-electron chi connectivity index (χ2n) is 3.36. The molecule has 3 N–H and O–H groups in total. The molecular weight excluding hydrogens is 192 g/mol. The molecule has 0 radical (unpaired) electrons. The lowest BCUT2D eigenvalue weighted by atomic mass is 10.1. The van der Waals surface area contributed by atoms with E-state index in [-0.39, 0.29) is 6.10 Å². The zero-order valence-electron chi connectivity index (χ0n) is 8.10. The third kappa shape index (κ3) is 11.8. The Morgan fingerprint density at radius 2 is 1.69 bits per heavy atom. The fraction of sp³-hybridized carbons (Fsp3) is 1.00. The van der Waals surface area contributed by atoms with Crippen molar-refractivity contribution >= 4 is 10.0 Å². The van der Waals surface area contributed by atoms with E-state index in [2.05, 4.69) is 17.1 Å². The van der Waals surface area contributed by atoms with Crippen LogP contribution in [0.1, 0.15) is 12.8 Å². The summed E-state index contributed by atoms with van der Waals surface area (Å²) < 4.78 is 18.8. The van der Waals surface area contributed by atoms with Crippen LogP contribution in [-0.4, -0.2) is 50.9 Å². The molecule has 1 aliphatic heterocycles. The number of sulfonamides is 1. The molecule has 1 fully saturated rings. The molecule has 0 unspecified atom stereocenters. The van der Waals surface area contributed by atoms with Crippen molar-refractivity contribution in [3.8, 4) is 0 Å². The number of hydrogen-bond donors (Lipinski definition) is 2. The van der Waals surface area contributed by atoms with Gasteiger partial charge in [0.2, 0.25) is 10.0 Å². The Bertz CT molecular complexity index is 202. The van der Waals surface area contributed by atoms with Crippen LogP contribution >= 0.6 is 0 Å². The van der Waals surface area contributed by atoms with Gasteiger partial charge in [0.1, 0.15) is 0 Å². The number of nitrogens with zero attached hydrogens (tertiary/aromatic N) is 1. The Hall–Kier alpha value is -0.170. The SMILES string of the molecule is CN1CCC(O)CC1.CS(N)(=O)=O. The van der Waals surface area contributed by atoms with E-state index in [1.807, 2.05) is 0 Å². The summed E-state index contributed by atoms with van der Waals surface area (Å²) in [5, 5.41) is 13.3. The minimum atomic E-state index is -3.17. The minimum Gasteiger partial charge on any atom is -0.393 e. The molecular formula is C7H18N2O3S. The van der Waals surface area contributed by atoms with E-state index in [9.17, 15) is 8.42 Å². The molecule has 1 saturated heterocycles. The van der Waals surface area contributed by atoms with Crippen molar-refractivity contribution in [1.82, 2.24) is 4.90 Å². The summed E-state index contributed by atoms with van der Waals surface area (Å²) in [4.78, 5) is 2.24. The van der Waals surface area contributed by atoms with Gasteiger partial charge >= 0.3 is 0 Å². The monoisotopic (exact) mass is 210 g/mol. The van der Waals surface area contributed by atoms with E-state index >= 15 is 0 Å². The Kier molecular flexibility index (Phi) is 5.46. The second kappa shape index (κ2) is 5.54. The standard InChI is InChI=1S/C6H13NO.CH5NO2S/c1-7-4-2-6(8)3-5-7;1-5(2,3)4/h6,8H,2-5H2,1H3;1H3,(H2,2,3,4). The molecule has 1 aliphatic rings. The summed E-state index contributed by atoms with van der Waals surface area (Å²) >= 11 is 0. The van der Waals surface area contributed by atoms with Crippen molar-refractivity contribution in [2.24, 2.45) is 5.14 Å². The largest absolute Gasteiger partial charge is 0.393 e. The van der Waals surface area contributed by atoms with Gasteiger partial charge in [-0.3, -0.25) is 0 Å². The van der Waals surface area contributed by atoms with Crippen LogP contribution in [0.4, 0.5) is 0 Å². The lowest BCUT2D eigenvalue weighted by molar-refractivity contribution is 0.0943. The highest BCUT2D eigenvalue weighted by Crippen LogP contribution is 2.06. The van der Waals surface area contributed by atoms with Crippen LogP contribution in [0.5, 0.6) is 0 Å². The van der Waals surface area contributed by atoms with Gasteiger partial charge in [0, 0.05) is 13.1 Å². The maximum absolute atomic E-state index is 9.41. The van der Waals surface area contributed by atoms with Crippen molar-refractivity contribution in [3.05, 3.63) is 0 Å². The number of primary sulfonamides is 1. The molecule has 0 bridgehead atoms. The number of aliphatic hydroxyl groups is 1. The number of rotatable bonds is 0. The molecule has 0 atom stereocenters. The van der Waals surface area contributed by atoms with Crippen LogP contribution in [0.2, 0.25) is 0 Å². The van der Waals surface area contributed by atoms with Gasteiger partial charge in [0.05, 0.1) is 12.4 Å². The smallest absolute Gasteiger partial charge is 0.206 e. The summed E-state index contributed by atoms with van der Waals surface area (Å²) in [7, 11) is -1.08. The highest BCUT2D eigenvalue weighted by molar-refractivity contribution is 7.88. The highest BCUT2D eigenvalue weighted by Gasteiger charge is 2.12. The number of nitrogens with two attached hydrogens (primary N) is 1. The summed E-state index contributed by atoms with van der Waals surface area (Å²) in [5.74, 6) is 0. The van der Waals surface area contributed by atoms with Gasteiger partial charge in [-0.25, -0.2) is 13.6 Å². The van der Waals surface area contributed by atoms with Crippen LogP contribution in [0.25, 0.3) is 0 Å². The van der Waals surface area contributed by atoms with E-state index in [1.54, 1.807) is 0 Å². The van der Waals surface area contributed by atoms with Crippen molar-refractivity contribution < 1.29 is 13.5 Å². The van der Waals surface area contributed by atoms with Gasteiger partial charge in [0.25, 0.3) is 0 Å². The normalized spacial score (nSPS) is 20.6. The molecule has 0 amide bonds. The molecule has 80 valence electrons. The van der Waals surface area contributed by atoms with E-state index in [4.69, 9.17) is 5.11 Å². The predicted molar refractivity (Wildman–Crippen MR) is 51.8 cm³/mol. The van der Waals surface area contributed by atoms with Gasteiger partial charge in [-0.15, -0.1) is 0 Å². The summed E-state index contributed by atoms with van der Waals surface area (Å²) in [6, 6.07) is 0. The molecule has 0 aromatic carbocycles. The molecule has 5 nitrogen and oxygen atoms in total.